The van der Waals surface area contributed by atoms with Gasteiger partial charge in [-0.25, -0.2) is 9.79 Å². The molecule has 1 aromatic carbocycles. The largest absolute Gasteiger partial charge is 0.457 e. The van der Waals surface area contributed by atoms with Crippen LogP contribution in [0.4, 0.5) is 5.69 Å². The summed E-state index contributed by atoms with van der Waals surface area (Å²) in [6.45, 7) is 0.268. The SMILES string of the molecule is CSC(=Nc1c(Br)ccc2c1C(=O)OC2)NC#N. The fourth-order valence-corrected chi connectivity index (χ4v) is 2.30. The van der Waals surface area contributed by atoms with Crippen LogP contribution in [0.25, 0.3) is 0 Å². The highest BCUT2D eigenvalue weighted by Gasteiger charge is 2.26. The maximum atomic E-state index is 11.7. The summed E-state index contributed by atoms with van der Waals surface area (Å²) >= 11 is 4.64. The summed E-state index contributed by atoms with van der Waals surface area (Å²) in [5.41, 5.74) is 1.75. The van der Waals surface area contributed by atoms with Crippen LogP contribution in [-0.2, 0) is 11.3 Å². The minimum atomic E-state index is -0.387. The van der Waals surface area contributed by atoms with E-state index in [-0.39, 0.29) is 12.6 Å². The van der Waals surface area contributed by atoms with Crippen molar-refractivity contribution in [3.63, 3.8) is 0 Å². The maximum Gasteiger partial charge on any atom is 0.341 e. The van der Waals surface area contributed by atoms with E-state index in [1.807, 2.05) is 12.1 Å². The minimum Gasteiger partial charge on any atom is -0.457 e. The number of carbonyl (C=O) groups excluding carboxylic acids is 1. The number of fused-ring (bicyclic) bond motifs is 1. The zero-order valence-corrected chi connectivity index (χ0v) is 11.8. The molecule has 1 N–H and O–H groups in total. The van der Waals surface area contributed by atoms with Crippen molar-refractivity contribution in [3.8, 4) is 6.19 Å². The molecule has 0 saturated heterocycles. The molecule has 0 aromatic heterocycles. The van der Waals surface area contributed by atoms with Crippen LogP contribution in [0, 0.1) is 11.5 Å². The van der Waals surface area contributed by atoms with Crippen LogP contribution >= 0.6 is 27.7 Å². The number of hydrogen-bond acceptors (Lipinski definition) is 5. The fourth-order valence-electron chi connectivity index (χ4n) is 1.55. The molecule has 18 heavy (non-hydrogen) atoms. The second-order valence-electron chi connectivity index (χ2n) is 3.36. The Hall–Kier alpha value is -1.52. The van der Waals surface area contributed by atoms with Gasteiger partial charge in [0.2, 0.25) is 0 Å². The number of halogens is 1. The van der Waals surface area contributed by atoms with Crippen LogP contribution in [0.5, 0.6) is 0 Å². The highest BCUT2D eigenvalue weighted by molar-refractivity contribution is 9.10. The highest BCUT2D eigenvalue weighted by Crippen LogP contribution is 2.36. The number of ether oxygens (including phenoxy) is 1. The van der Waals surface area contributed by atoms with Gasteiger partial charge >= 0.3 is 5.97 Å². The van der Waals surface area contributed by atoms with E-state index in [2.05, 4.69) is 26.2 Å². The van der Waals surface area contributed by atoms with E-state index in [1.54, 1.807) is 12.4 Å². The summed E-state index contributed by atoms with van der Waals surface area (Å²) in [6.07, 6.45) is 3.59. The summed E-state index contributed by atoms with van der Waals surface area (Å²) in [6, 6.07) is 3.63. The predicted octanol–water partition coefficient (Wildman–Crippen LogP) is 2.54. The molecule has 1 aromatic rings. The number of cyclic esters (lactones) is 1. The molecule has 0 bridgehead atoms. The van der Waals surface area contributed by atoms with Gasteiger partial charge in [0.1, 0.15) is 6.61 Å². The van der Waals surface area contributed by atoms with Crippen molar-refractivity contribution in [2.45, 2.75) is 6.61 Å². The number of benzene rings is 1. The molecule has 0 unspecified atom stereocenters. The molecule has 1 aliphatic heterocycles. The van der Waals surface area contributed by atoms with Gasteiger partial charge in [-0.3, -0.25) is 5.32 Å². The van der Waals surface area contributed by atoms with E-state index >= 15 is 0 Å². The van der Waals surface area contributed by atoms with Crippen molar-refractivity contribution in [2.24, 2.45) is 4.99 Å². The standard InChI is InChI=1S/C11H8BrN3O2S/c1-18-11(14-5-13)15-9-7(12)3-2-6-4-17-10(16)8(6)9/h2-3H,4H2,1H3,(H,14,15). The van der Waals surface area contributed by atoms with Gasteiger partial charge in [0, 0.05) is 10.0 Å². The third-order valence-electron chi connectivity index (χ3n) is 2.35. The summed E-state index contributed by atoms with van der Waals surface area (Å²) in [4.78, 5) is 15.9. The van der Waals surface area contributed by atoms with Gasteiger partial charge in [-0.05, 0) is 28.3 Å². The van der Waals surface area contributed by atoms with E-state index in [9.17, 15) is 4.79 Å². The second-order valence-corrected chi connectivity index (χ2v) is 5.01. The van der Waals surface area contributed by atoms with E-state index in [4.69, 9.17) is 10.00 Å². The first-order chi connectivity index (χ1) is 8.67. The van der Waals surface area contributed by atoms with E-state index in [0.717, 1.165) is 5.56 Å². The van der Waals surface area contributed by atoms with Gasteiger partial charge < -0.3 is 4.74 Å². The van der Waals surface area contributed by atoms with Crippen molar-refractivity contribution in [1.29, 1.82) is 5.26 Å². The third kappa shape index (κ3) is 2.35. The van der Waals surface area contributed by atoms with Crippen molar-refractivity contribution < 1.29 is 9.53 Å². The smallest absolute Gasteiger partial charge is 0.341 e. The predicted molar refractivity (Wildman–Crippen MR) is 72.6 cm³/mol. The first kappa shape index (κ1) is 12.9. The van der Waals surface area contributed by atoms with Crippen LogP contribution in [0.1, 0.15) is 15.9 Å². The molecule has 7 heteroatoms. The molecule has 0 spiro atoms. The summed E-state index contributed by atoms with van der Waals surface area (Å²) in [5.74, 6) is -0.387. The Bertz CT molecular complexity index is 580. The number of thioether (sulfide) groups is 1. The van der Waals surface area contributed by atoms with Gasteiger partial charge in [-0.15, -0.1) is 0 Å². The minimum absolute atomic E-state index is 0.268. The molecular formula is C11H8BrN3O2S. The van der Waals surface area contributed by atoms with Crippen LogP contribution in [-0.4, -0.2) is 17.4 Å². The van der Waals surface area contributed by atoms with Crippen molar-refractivity contribution in [3.05, 3.63) is 27.7 Å². The van der Waals surface area contributed by atoms with Gasteiger partial charge in [0.05, 0.1) is 11.3 Å². The molecular weight excluding hydrogens is 318 g/mol. The Balaban J connectivity index is 2.55. The van der Waals surface area contributed by atoms with E-state index < -0.39 is 0 Å². The molecule has 1 aliphatic rings. The number of esters is 1. The Kier molecular flexibility index (Phi) is 3.89. The van der Waals surface area contributed by atoms with Crippen LogP contribution in [0.2, 0.25) is 0 Å². The third-order valence-corrected chi connectivity index (χ3v) is 3.57. The number of carbonyl (C=O) groups is 1. The van der Waals surface area contributed by atoms with Crippen LogP contribution < -0.4 is 5.32 Å². The lowest BCUT2D eigenvalue weighted by Crippen LogP contribution is -2.13. The molecule has 0 fully saturated rings. The monoisotopic (exact) mass is 325 g/mol. The lowest BCUT2D eigenvalue weighted by atomic mass is 10.1. The zero-order valence-electron chi connectivity index (χ0n) is 9.36. The number of nitriles is 1. The van der Waals surface area contributed by atoms with Crippen LogP contribution in [0.3, 0.4) is 0 Å². The second kappa shape index (κ2) is 5.42. The van der Waals surface area contributed by atoms with Gasteiger partial charge in [0.15, 0.2) is 11.4 Å². The Morgan fingerprint density at radius 3 is 3.11 bits per heavy atom. The first-order valence-corrected chi connectivity index (χ1v) is 6.95. The Labute approximate surface area is 116 Å². The average Bonchev–Trinajstić information content (AvgIpc) is 2.74. The fraction of sp³-hybridized carbons (Fsp3) is 0.182. The van der Waals surface area contributed by atoms with Crippen LogP contribution in [0.15, 0.2) is 21.6 Å². The number of hydrogen-bond donors (Lipinski definition) is 1. The average molecular weight is 326 g/mol. The summed E-state index contributed by atoms with van der Waals surface area (Å²) in [5, 5.41) is 11.5. The van der Waals surface area contributed by atoms with Gasteiger partial charge in [-0.2, -0.15) is 5.26 Å². The number of aliphatic imine (C=N–C) groups is 1. The van der Waals surface area contributed by atoms with Crippen molar-refractivity contribution >= 4 is 44.5 Å². The molecule has 2 rings (SSSR count). The molecule has 5 nitrogen and oxygen atoms in total. The number of nitrogens with one attached hydrogen (secondary N) is 1. The molecule has 92 valence electrons. The number of amidine groups is 1. The summed E-state index contributed by atoms with van der Waals surface area (Å²) in [7, 11) is 0. The lowest BCUT2D eigenvalue weighted by molar-refractivity contribution is 0.0535. The topological polar surface area (TPSA) is 74.5 Å². The van der Waals surface area contributed by atoms with Crippen molar-refractivity contribution in [2.75, 3.05) is 6.26 Å². The molecule has 0 aliphatic carbocycles. The van der Waals surface area contributed by atoms with E-state index in [0.29, 0.717) is 20.9 Å². The quantitative estimate of drug-likeness (QED) is 0.282. The molecule has 0 atom stereocenters. The maximum absolute atomic E-state index is 11.7. The van der Waals surface area contributed by atoms with E-state index in [1.165, 1.54) is 11.8 Å². The summed E-state index contributed by atoms with van der Waals surface area (Å²) < 4.78 is 5.66. The molecule has 0 radical (unpaired) electrons. The normalized spacial score (nSPS) is 13.8. The lowest BCUT2D eigenvalue weighted by Gasteiger charge is -2.05. The zero-order chi connectivity index (χ0) is 13.1. The molecule has 0 saturated carbocycles. The highest BCUT2D eigenvalue weighted by atomic mass is 79.9. The molecule has 0 amide bonds. The number of rotatable bonds is 1. The van der Waals surface area contributed by atoms with Crippen molar-refractivity contribution in [1.82, 2.24) is 5.32 Å². The Morgan fingerprint density at radius 2 is 2.44 bits per heavy atom. The van der Waals surface area contributed by atoms with Gasteiger partial charge in [0.25, 0.3) is 0 Å². The number of nitrogens with zero attached hydrogens (tertiary/aromatic N) is 2. The Morgan fingerprint density at radius 1 is 1.67 bits per heavy atom. The van der Waals surface area contributed by atoms with Gasteiger partial charge in [-0.1, -0.05) is 17.8 Å². The molecule has 1 heterocycles. The first-order valence-electron chi connectivity index (χ1n) is 4.93.